The van der Waals surface area contributed by atoms with Gasteiger partial charge in [-0.15, -0.1) is 0 Å². The molecular formula is C14H10N6. The molecule has 0 saturated heterocycles. The van der Waals surface area contributed by atoms with E-state index in [-0.39, 0.29) is 0 Å². The van der Waals surface area contributed by atoms with Gasteiger partial charge in [0.1, 0.15) is 5.69 Å². The van der Waals surface area contributed by atoms with Crippen molar-refractivity contribution in [1.29, 1.82) is 0 Å². The van der Waals surface area contributed by atoms with Crippen molar-refractivity contribution in [2.75, 3.05) is 0 Å². The summed E-state index contributed by atoms with van der Waals surface area (Å²) in [7, 11) is 0. The van der Waals surface area contributed by atoms with E-state index in [1.54, 1.807) is 49.1 Å². The first-order valence-corrected chi connectivity index (χ1v) is 5.93. The number of hydrogen-bond acceptors (Lipinski definition) is 6. The van der Waals surface area contributed by atoms with Crippen molar-refractivity contribution in [2.45, 2.75) is 0 Å². The minimum atomic E-state index is 0.422. The van der Waals surface area contributed by atoms with Crippen LogP contribution in [-0.2, 0) is 0 Å². The fourth-order valence-corrected chi connectivity index (χ4v) is 1.63. The van der Waals surface area contributed by atoms with Gasteiger partial charge in [0.15, 0.2) is 17.5 Å². The molecule has 20 heavy (non-hydrogen) atoms. The summed E-state index contributed by atoms with van der Waals surface area (Å²) in [4.78, 5) is 25.4. The molecule has 0 saturated carbocycles. The van der Waals surface area contributed by atoms with Crippen LogP contribution in [-0.4, -0.2) is 29.9 Å². The summed E-state index contributed by atoms with van der Waals surface area (Å²) in [5, 5.41) is 0. The van der Waals surface area contributed by atoms with Crippen LogP contribution in [0.1, 0.15) is 5.69 Å². The molecule has 0 radical (unpaired) electrons. The van der Waals surface area contributed by atoms with Crippen molar-refractivity contribution in [3.05, 3.63) is 55.3 Å². The second-order valence-corrected chi connectivity index (χ2v) is 3.85. The van der Waals surface area contributed by atoms with E-state index >= 15 is 0 Å². The molecule has 0 unspecified atom stereocenters. The molecule has 0 bridgehead atoms. The Bertz CT molecular complexity index is 669. The highest BCUT2D eigenvalue weighted by Gasteiger charge is 2.10. The van der Waals surface area contributed by atoms with E-state index in [9.17, 15) is 0 Å². The number of hydrogen-bond donors (Lipinski definition) is 0. The third-order valence-electron chi connectivity index (χ3n) is 2.52. The lowest BCUT2D eigenvalue weighted by Gasteiger charge is -2.04. The summed E-state index contributed by atoms with van der Waals surface area (Å²) in [5.74, 6) is 1.40. The van der Waals surface area contributed by atoms with Crippen LogP contribution in [0.3, 0.4) is 0 Å². The predicted molar refractivity (Wildman–Crippen MR) is 74.2 cm³/mol. The third kappa shape index (κ3) is 2.39. The van der Waals surface area contributed by atoms with Gasteiger partial charge in [0.25, 0.3) is 0 Å². The molecule has 0 aliphatic carbocycles. The SMILES string of the molecule is C=Cc1cc(-c2ncccn2)nc(-c2ncccn2)n1. The Kier molecular flexibility index (Phi) is 3.20. The van der Waals surface area contributed by atoms with Crippen molar-refractivity contribution >= 4 is 6.08 Å². The minimum Gasteiger partial charge on any atom is -0.235 e. The highest BCUT2D eigenvalue weighted by Crippen LogP contribution is 2.17. The summed E-state index contributed by atoms with van der Waals surface area (Å²) >= 11 is 0. The smallest absolute Gasteiger partial charge is 0.198 e. The first kappa shape index (κ1) is 12.0. The largest absolute Gasteiger partial charge is 0.235 e. The molecule has 0 atom stereocenters. The molecule has 0 aromatic carbocycles. The Morgan fingerprint density at radius 2 is 1.35 bits per heavy atom. The Hall–Kier alpha value is -3.02. The maximum absolute atomic E-state index is 4.41. The number of nitrogens with zero attached hydrogens (tertiary/aromatic N) is 6. The van der Waals surface area contributed by atoms with Crippen LogP contribution in [0.4, 0.5) is 0 Å². The first-order valence-electron chi connectivity index (χ1n) is 5.93. The normalized spacial score (nSPS) is 10.2. The molecule has 0 fully saturated rings. The third-order valence-corrected chi connectivity index (χ3v) is 2.52. The van der Waals surface area contributed by atoms with Gasteiger partial charge in [-0.25, -0.2) is 29.9 Å². The Labute approximate surface area is 115 Å². The Morgan fingerprint density at radius 3 is 1.95 bits per heavy atom. The van der Waals surface area contributed by atoms with Gasteiger partial charge in [0.2, 0.25) is 0 Å². The molecule has 0 spiro atoms. The number of aromatic nitrogens is 6. The van der Waals surface area contributed by atoms with Gasteiger partial charge in [0, 0.05) is 24.8 Å². The van der Waals surface area contributed by atoms with Crippen LogP contribution in [0.25, 0.3) is 29.2 Å². The van der Waals surface area contributed by atoms with Crippen molar-refractivity contribution in [3.8, 4) is 23.2 Å². The van der Waals surface area contributed by atoms with Crippen molar-refractivity contribution < 1.29 is 0 Å². The molecule has 0 N–H and O–H groups in total. The van der Waals surface area contributed by atoms with Crippen molar-refractivity contribution in [1.82, 2.24) is 29.9 Å². The molecule has 3 rings (SSSR count). The van der Waals surface area contributed by atoms with Gasteiger partial charge in [-0.3, -0.25) is 0 Å². The number of rotatable bonds is 3. The maximum Gasteiger partial charge on any atom is 0.198 e. The van der Waals surface area contributed by atoms with Gasteiger partial charge in [-0.1, -0.05) is 6.58 Å². The van der Waals surface area contributed by atoms with Crippen LogP contribution in [0.5, 0.6) is 0 Å². The second-order valence-electron chi connectivity index (χ2n) is 3.85. The average Bonchev–Trinajstić information content (AvgIpc) is 2.56. The standard InChI is InChI=1S/C14H10N6/c1-2-10-9-11(12-15-5-3-6-16-12)20-14(19-10)13-17-7-4-8-18-13/h2-9H,1H2. The summed E-state index contributed by atoms with van der Waals surface area (Å²) in [6.07, 6.45) is 8.25. The van der Waals surface area contributed by atoms with Crippen molar-refractivity contribution in [2.24, 2.45) is 0 Å². The van der Waals surface area contributed by atoms with E-state index < -0.39 is 0 Å². The van der Waals surface area contributed by atoms with Crippen LogP contribution in [0.2, 0.25) is 0 Å². The van der Waals surface area contributed by atoms with Crippen LogP contribution >= 0.6 is 0 Å². The zero-order chi connectivity index (χ0) is 13.8. The zero-order valence-corrected chi connectivity index (χ0v) is 10.5. The van der Waals surface area contributed by atoms with E-state index in [1.165, 1.54) is 0 Å². The first-order chi connectivity index (χ1) is 9.86. The lowest BCUT2D eigenvalue weighted by molar-refractivity contribution is 1.05. The lowest BCUT2D eigenvalue weighted by atomic mass is 10.3. The van der Waals surface area contributed by atoms with Gasteiger partial charge < -0.3 is 0 Å². The molecule has 6 nitrogen and oxygen atoms in total. The lowest BCUT2D eigenvalue weighted by Crippen LogP contribution is -1.99. The summed E-state index contributed by atoms with van der Waals surface area (Å²) < 4.78 is 0. The minimum absolute atomic E-state index is 0.422. The van der Waals surface area contributed by atoms with Crippen LogP contribution in [0, 0.1) is 0 Å². The Morgan fingerprint density at radius 1 is 0.750 bits per heavy atom. The van der Waals surface area contributed by atoms with Crippen LogP contribution in [0.15, 0.2) is 49.6 Å². The molecule has 0 aliphatic heterocycles. The highest BCUT2D eigenvalue weighted by molar-refractivity contribution is 5.59. The fourth-order valence-electron chi connectivity index (χ4n) is 1.63. The Balaban J connectivity index is 2.15. The fraction of sp³-hybridized carbons (Fsp3) is 0. The maximum atomic E-state index is 4.41. The van der Waals surface area contributed by atoms with E-state index in [0.29, 0.717) is 28.9 Å². The zero-order valence-electron chi connectivity index (χ0n) is 10.5. The molecule has 3 heterocycles. The monoisotopic (exact) mass is 262 g/mol. The topological polar surface area (TPSA) is 77.3 Å². The van der Waals surface area contributed by atoms with Gasteiger partial charge in [-0.2, -0.15) is 0 Å². The molecule has 3 aromatic rings. The molecule has 96 valence electrons. The predicted octanol–water partition coefficient (Wildman–Crippen LogP) is 2.03. The average molecular weight is 262 g/mol. The van der Waals surface area contributed by atoms with E-state index in [2.05, 4.69) is 36.5 Å². The quantitative estimate of drug-likeness (QED) is 0.718. The van der Waals surface area contributed by atoms with E-state index in [1.807, 2.05) is 0 Å². The van der Waals surface area contributed by atoms with E-state index in [0.717, 1.165) is 0 Å². The summed E-state index contributed by atoms with van der Waals surface area (Å²) in [6, 6.07) is 5.26. The molecule has 3 aromatic heterocycles. The van der Waals surface area contributed by atoms with Gasteiger partial charge in [0.05, 0.1) is 5.69 Å². The van der Waals surface area contributed by atoms with Crippen LogP contribution < -0.4 is 0 Å². The molecule has 0 aliphatic rings. The van der Waals surface area contributed by atoms with Crippen molar-refractivity contribution in [3.63, 3.8) is 0 Å². The highest BCUT2D eigenvalue weighted by atomic mass is 15.0. The second kappa shape index (κ2) is 5.31. The van der Waals surface area contributed by atoms with Gasteiger partial charge >= 0.3 is 0 Å². The molecule has 6 heteroatoms. The molecular weight excluding hydrogens is 252 g/mol. The summed E-state index contributed by atoms with van der Waals surface area (Å²) in [5.41, 5.74) is 1.28. The molecule has 0 amide bonds. The van der Waals surface area contributed by atoms with E-state index in [4.69, 9.17) is 0 Å². The summed E-state index contributed by atoms with van der Waals surface area (Å²) in [6.45, 7) is 3.73. The van der Waals surface area contributed by atoms with Gasteiger partial charge in [-0.05, 0) is 24.3 Å².